The molecule has 3 N–H and O–H groups in total. The van der Waals surface area contributed by atoms with Crippen LogP contribution >= 0.6 is 0 Å². The van der Waals surface area contributed by atoms with E-state index in [1.165, 1.54) is 6.07 Å². The van der Waals surface area contributed by atoms with Gasteiger partial charge in [0.15, 0.2) is 0 Å². The molecule has 20 heavy (non-hydrogen) atoms. The molecule has 0 heterocycles. The summed E-state index contributed by atoms with van der Waals surface area (Å²) in [7, 11) is 0. The van der Waals surface area contributed by atoms with Crippen LogP contribution in [0, 0.1) is 10.1 Å². The van der Waals surface area contributed by atoms with Crippen molar-refractivity contribution in [1.82, 2.24) is 5.32 Å². The molecule has 0 aliphatic rings. The number of nitro benzene ring substituents is 1. The topological polar surface area (TPSA) is 81.2 Å². The van der Waals surface area contributed by atoms with Crippen LogP contribution in [-0.2, 0) is 6.54 Å². The number of benzene rings is 2. The van der Waals surface area contributed by atoms with Crippen molar-refractivity contribution in [3.8, 4) is 0 Å². The van der Waals surface area contributed by atoms with Gasteiger partial charge in [0, 0.05) is 30.4 Å². The molecular weight excluding hydrogens is 254 g/mol. The Morgan fingerprint density at radius 2 is 2.00 bits per heavy atom. The minimum atomic E-state index is -0.384. The highest BCUT2D eigenvalue weighted by Crippen LogP contribution is 2.20. The summed E-state index contributed by atoms with van der Waals surface area (Å²) >= 11 is 0. The smallest absolute Gasteiger partial charge is 0.269 e. The second kappa shape index (κ2) is 6.16. The summed E-state index contributed by atoms with van der Waals surface area (Å²) in [6, 6.07) is 14.3. The van der Waals surface area contributed by atoms with Crippen molar-refractivity contribution in [1.29, 1.82) is 0 Å². The number of nitrogen functional groups attached to an aromatic ring is 1. The van der Waals surface area contributed by atoms with E-state index in [0.717, 1.165) is 16.8 Å². The van der Waals surface area contributed by atoms with Crippen molar-refractivity contribution >= 4 is 11.4 Å². The third-order valence-electron chi connectivity index (χ3n) is 3.23. The maximum absolute atomic E-state index is 10.8. The van der Waals surface area contributed by atoms with E-state index in [4.69, 9.17) is 5.73 Å². The highest BCUT2D eigenvalue weighted by molar-refractivity contribution is 5.46. The van der Waals surface area contributed by atoms with Crippen LogP contribution in [0.2, 0.25) is 0 Å². The highest BCUT2D eigenvalue weighted by atomic mass is 16.6. The zero-order valence-corrected chi connectivity index (χ0v) is 11.2. The molecule has 0 fully saturated rings. The van der Waals surface area contributed by atoms with Gasteiger partial charge in [-0.1, -0.05) is 30.3 Å². The summed E-state index contributed by atoms with van der Waals surface area (Å²) in [5.74, 6) is 0. The number of para-hydroxylation sites is 1. The fourth-order valence-electron chi connectivity index (χ4n) is 1.98. The summed E-state index contributed by atoms with van der Waals surface area (Å²) in [6.07, 6.45) is 0. The molecule has 0 spiro atoms. The van der Waals surface area contributed by atoms with Crippen LogP contribution in [-0.4, -0.2) is 4.92 Å². The van der Waals surface area contributed by atoms with Gasteiger partial charge < -0.3 is 11.1 Å². The van der Waals surface area contributed by atoms with E-state index in [2.05, 4.69) is 5.32 Å². The van der Waals surface area contributed by atoms with Gasteiger partial charge in [0.2, 0.25) is 0 Å². The first-order chi connectivity index (χ1) is 9.58. The monoisotopic (exact) mass is 271 g/mol. The first-order valence-electron chi connectivity index (χ1n) is 6.39. The number of nitro groups is 1. The molecule has 0 saturated carbocycles. The predicted octanol–water partition coefficient (Wildman–Crippen LogP) is 3.03. The average molecular weight is 271 g/mol. The lowest BCUT2D eigenvalue weighted by atomic mass is 10.1. The van der Waals surface area contributed by atoms with Crippen molar-refractivity contribution in [3.05, 3.63) is 69.8 Å². The standard InChI is InChI=1S/C15H17N3O2/c1-11(12-6-4-7-14(9-12)18(19)20)17-10-13-5-2-3-8-15(13)16/h2-9,11,17H,10,16H2,1H3. The number of hydrogen-bond donors (Lipinski definition) is 2. The Kier molecular flexibility index (Phi) is 4.32. The molecule has 0 aliphatic heterocycles. The molecule has 0 aromatic heterocycles. The number of rotatable bonds is 5. The largest absolute Gasteiger partial charge is 0.398 e. The van der Waals surface area contributed by atoms with Crippen molar-refractivity contribution < 1.29 is 4.92 Å². The molecule has 1 atom stereocenters. The highest BCUT2D eigenvalue weighted by Gasteiger charge is 2.10. The lowest BCUT2D eigenvalue weighted by molar-refractivity contribution is -0.384. The number of nitrogens with two attached hydrogens (primary N) is 1. The second-order valence-electron chi connectivity index (χ2n) is 4.65. The molecule has 0 radical (unpaired) electrons. The van der Waals surface area contributed by atoms with E-state index in [1.807, 2.05) is 37.3 Å². The predicted molar refractivity (Wildman–Crippen MR) is 79.2 cm³/mol. The van der Waals surface area contributed by atoms with Crippen molar-refractivity contribution in [2.75, 3.05) is 5.73 Å². The maximum atomic E-state index is 10.8. The zero-order valence-electron chi connectivity index (χ0n) is 11.2. The third kappa shape index (κ3) is 3.33. The Morgan fingerprint density at radius 3 is 2.70 bits per heavy atom. The van der Waals surface area contributed by atoms with Crippen LogP contribution < -0.4 is 11.1 Å². The van der Waals surface area contributed by atoms with Gasteiger partial charge in [0.1, 0.15) is 0 Å². The van der Waals surface area contributed by atoms with Crippen molar-refractivity contribution in [2.45, 2.75) is 19.5 Å². The van der Waals surface area contributed by atoms with Crippen LogP contribution in [0.5, 0.6) is 0 Å². The molecule has 0 bridgehead atoms. The molecule has 1 unspecified atom stereocenters. The van der Waals surface area contributed by atoms with E-state index in [1.54, 1.807) is 12.1 Å². The van der Waals surface area contributed by atoms with Gasteiger partial charge in [-0.15, -0.1) is 0 Å². The minimum Gasteiger partial charge on any atom is -0.398 e. The van der Waals surface area contributed by atoms with Gasteiger partial charge in [-0.05, 0) is 24.1 Å². The van der Waals surface area contributed by atoms with E-state index < -0.39 is 0 Å². The molecule has 2 rings (SSSR count). The van der Waals surface area contributed by atoms with Gasteiger partial charge in [-0.2, -0.15) is 0 Å². The Hall–Kier alpha value is -2.40. The average Bonchev–Trinajstić information content (AvgIpc) is 2.46. The molecule has 2 aromatic rings. The van der Waals surface area contributed by atoms with Crippen LogP contribution in [0.25, 0.3) is 0 Å². The number of non-ortho nitro benzene ring substituents is 1. The van der Waals surface area contributed by atoms with Crippen LogP contribution in [0.15, 0.2) is 48.5 Å². The number of anilines is 1. The quantitative estimate of drug-likeness (QED) is 0.497. The van der Waals surface area contributed by atoms with Crippen LogP contribution in [0.1, 0.15) is 24.1 Å². The molecule has 5 heteroatoms. The minimum absolute atomic E-state index is 0.00880. The zero-order chi connectivity index (χ0) is 14.5. The second-order valence-corrected chi connectivity index (χ2v) is 4.65. The summed E-state index contributed by atoms with van der Waals surface area (Å²) in [4.78, 5) is 10.4. The third-order valence-corrected chi connectivity index (χ3v) is 3.23. The Bertz CT molecular complexity index is 614. The molecule has 104 valence electrons. The first kappa shape index (κ1) is 14.0. The number of nitrogens with one attached hydrogen (secondary N) is 1. The molecule has 0 saturated heterocycles. The molecular formula is C15H17N3O2. The van der Waals surface area contributed by atoms with E-state index in [0.29, 0.717) is 6.54 Å². The Labute approximate surface area is 117 Å². The SMILES string of the molecule is CC(NCc1ccccc1N)c1cccc([N+](=O)[O-])c1. The van der Waals surface area contributed by atoms with Crippen molar-refractivity contribution in [2.24, 2.45) is 0 Å². The van der Waals surface area contributed by atoms with Crippen LogP contribution in [0.4, 0.5) is 11.4 Å². The number of hydrogen-bond acceptors (Lipinski definition) is 4. The molecule has 0 aliphatic carbocycles. The lowest BCUT2D eigenvalue weighted by Crippen LogP contribution is -2.18. The van der Waals surface area contributed by atoms with Crippen molar-refractivity contribution in [3.63, 3.8) is 0 Å². The van der Waals surface area contributed by atoms with Gasteiger partial charge in [0.05, 0.1) is 4.92 Å². The Morgan fingerprint density at radius 1 is 1.25 bits per heavy atom. The Balaban J connectivity index is 2.05. The fraction of sp³-hybridized carbons (Fsp3) is 0.200. The maximum Gasteiger partial charge on any atom is 0.269 e. The molecule has 0 amide bonds. The first-order valence-corrected chi connectivity index (χ1v) is 6.39. The van der Waals surface area contributed by atoms with Gasteiger partial charge in [-0.25, -0.2) is 0 Å². The normalized spacial score (nSPS) is 12.1. The van der Waals surface area contributed by atoms with E-state index in [9.17, 15) is 10.1 Å². The lowest BCUT2D eigenvalue weighted by Gasteiger charge is -2.15. The van der Waals surface area contributed by atoms with E-state index in [-0.39, 0.29) is 16.7 Å². The van der Waals surface area contributed by atoms with Gasteiger partial charge >= 0.3 is 0 Å². The fourth-order valence-corrected chi connectivity index (χ4v) is 1.98. The van der Waals surface area contributed by atoms with Gasteiger partial charge in [-0.3, -0.25) is 10.1 Å². The van der Waals surface area contributed by atoms with Crippen LogP contribution in [0.3, 0.4) is 0 Å². The summed E-state index contributed by atoms with van der Waals surface area (Å²) in [6.45, 7) is 2.59. The summed E-state index contributed by atoms with van der Waals surface area (Å²) < 4.78 is 0. The molecule has 5 nitrogen and oxygen atoms in total. The summed E-state index contributed by atoms with van der Waals surface area (Å²) in [5.41, 5.74) is 8.63. The van der Waals surface area contributed by atoms with Gasteiger partial charge in [0.25, 0.3) is 5.69 Å². The van der Waals surface area contributed by atoms with E-state index >= 15 is 0 Å². The number of nitrogens with zero attached hydrogens (tertiary/aromatic N) is 1. The molecule has 2 aromatic carbocycles. The summed E-state index contributed by atoms with van der Waals surface area (Å²) in [5, 5.41) is 14.1.